The molecule has 0 fully saturated rings. The van der Waals surface area contributed by atoms with Crippen molar-refractivity contribution in [1.29, 1.82) is 0 Å². The summed E-state index contributed by atoms with van der Waals surface area (Å²) in [6.45, 7) is 2.11. The Morgan fingerprint density at radius 1 is 0.520 bits per heavy atom. The third-order valence-electron chi connectivity index (χ3n) is 8.37. The van der Waals surface area contributed by atoms with Crippen molar-refractivity contribution in [3.8, 4) is 0 Å². The van der Waals surface area contributed by atoms with Gasteiger partial charge in [0.1, 0.15) is 12.2 Å². The number of carbonyl (C=O) groups is 2. The van der Waals surface area contributed by atoms with Crippen LogP contribution in [-0.4, -0.2) is 65.7 Å². The summed E-state index contributed by atoms with van der Waals surface area (Å²) in [5, 5.41) is 19.1. The lowest BCUT2D eigenvalue weighted by molar-refractivity contribution is -0.153. The molecule has 0 rings (SSSR count). The van der Waals surface area contributed by atoms with E-state index in [4.69, 9.17) is 18.5 Å². The number of rotatable bonds is 37. The van der Waals surface area contributed by atoms with E-state index in [1.165, 1.54) is 64.2 Å². The first kappa shape index (κ1) is 48.5. The van der Waals surface area contributed by atoms with Crippen molar-refractivity contribution in [1.82, 2.24) is 0 Å². The van der Waals surface area contributed by atoms with Gasteiger partial charge in [0.2, 0.25) is 0 Å². The smallest absolute Gasteiger partial charge is 0.457 e. The van der Waals surface area contributed by atoms with Crippen LogP contribution in [0.3, 0.4) is 0 Å². The second kappa shape index (κ2) is 35.8. The van der Waals surface area contributed by atoms with E-state index in [1.807, 2.05) is 0 Å². The summed E-state index contributed by atoms with van der Waals surface area (Å²) in [7, 11) is -4.63. The Morgan fingerprint density at radius 2 is 0.860 bits per heavy atom. The molecule has 3 N–H and O–H groups in total. The molecular weight excluding hydrogens is 659 g/mol. The SMILES string of the molecule is CCC/C=C\CCCCCCCC(=O)OC(CO)COP(=O)(O)OCC(CO)OC(=O)CCCCCCCCC/C=C\CCCCCCCC. The third-order valence-corrected chi connectivity index (χ3v) is 9.32. The number of phosphoric ester groups is 1. The van der Waals surface area contributed by atoms with Gasteiger partial charge < -0.3 is 24.6 Å². The summed E-state index contributed by atoms with van der Waals surface area (Å²) in [4.78, 5) is 34.3. The minimum atomic E-state index is -4.63. The highest BCUT2D eigenvalue weighted by atomic mass is 31.2. The van der Waals surface area contributed by atoms with Crippen LogP contribution in [0.1, 0.15) is 174 Å². The van der Waals surface area contributed by atoms with E-state index in [1.54, 1.807) is 0 Å². The van der Waals surface area contributed by atoms with Crippen LogP contribution >= 0.6 is 7.82 Å². The molecule has 0 saturated carbocycles. The molecule has 0 aliphatic heterocycles. The monoisotopic (exact) mass is 732 g/mol. The molecule has 0 heterocycles. The number of unbranched alkanes of at least 4 members (excludes halogenated alkanes) is 19. The number of hydrogen-bond donors (Lipinski definition) is 3. The standard InChI is InChI=1S/C39H73O10P/c1-3-5-7-9-11-13-15-16-17-18-19-20-21-23-25-27-29-31-39(43)49-37(33-41)35-47-50(44,45)46-34-36(32-40)48-38(42)30-28-26-24-22-14-12-10-8-6-4-2/h8,10,16-17,36-37,40-41H,3-7,9,11-15,18-35H2,1-2H3,(H,44,45)/b10-8-,17-16-. The average Bonchev–Trinajstić information content (AvgIpc) is 3.10. The van der Waals surface area contributed by atoms with Crippen LogP contribution < -0.4 is 0 Å². The van der Waals surface area contributed by atoms with Crippen LogP contribution in [0.5, 0.6) is 0 Å². The normalized spacial score (nSPS) is 14.3. The Labute approximate surface area is 304 Å². The van der Waals surface area contributed by atoms with Gasteiger partial charge in [-0.2, -0.15) is 0 Å². The van der Waals surface area contributed by atoms with E-state index in [0.29, 0.717) is 12.8 Å². The summed E-state index contributed by atoms with van der Waals surface area (Å²) in [5.41, 5.74) is 0. The first-order chi connectivity index (χ1) is 24.3. The van der Waals surface area contributed by atoms with Crippen LogP contribution in [0.25, 0.3) is 0 Å². The molecule has 3 atom stereocenters. The fourth-order valence-electron chi connectivity index (χ4n) is 5.29. The molecule has 11 heteroatoms. The lowest BCUT2D eigenvalue weighted by atomic mass is 10.1. The van der Waals surface area contributed by atoms with Crippen molar-refractivity contribution < 1.29 is 47.8 Å². The highest BCUT2D eigenvalue weighted by Gasteiger charge is 2.27. The maximum Gasteiger partial charge on any atom is 0.472 e. The Kier molecular flexibility index (Phi) is 34.7. The number of esters is 2. The molecule has 0 aromatic rings. The molecule has 10 nitrogen and oxygen atoms in total. The zero-order valence-electron chi connectivity index (χ0n) is 31.6. The van der Waals surface area contributed by atoms with E-state index >= 15 is 0 Å². The van der Waals surface area contributed by atoms with Gasteiger partial charge in [0.05, 0.1) is 26.4 Å². The minimum absolute atomic E-state index is 0.182. The van der Waals surface area contributed by atoms with E-state index in [-0.39, 0.29) is 12.8 Å². The van der Waals surface area contributed by atoms with E-state index in [9.17, 15) is 29.3 Å². The van der Waals surface area contributed by atoms with Crippen molar-refractivity contribution in [3.63, 3.8) is 0 Å². The largest absolute Gasteiger partial charge is 0.472 e. The summed E-state index contributed by atoms with van der Waals surface area (Å²) in [5.74, 6) is -1.03. The number of carbonyl (C=O) groups excluding carboxylic acids is 2. The topological polar surface area (TPSA) is 149 Å². The van der Waals surface area contributed by atoms with E-state index in [2.05, 4.69) is 38.2 Å². The van der Waals surface area contributed by atoms with E-state index < -0.39 is 58.4 Å². The average molecular weight is 733 g/mol. The first-order valence-electron chi connectivity index (χ1n) is 19.8. The molecule has 0 saturated heterocycles. The van der Waals surface area contributed by atoms with Gasteiger partial charge in [-0.3, -0.25) is 18.6 Å². The summed E-state index contributed by atoms with van der Waals surface area (Å²) >= 11 is 0. The Hall–Kier alpha value is -1.55. The summed E-state index contributed by atoms with van der Waals surface area (Å²) in [6, 6.07) is 0. The molecule has 3 unspecified atom stereocenters. The lowest BCUT2D eigenvalue weighted by Crippen LogP contribution is -2.28. The molecule has 0 aromatic carbocycles. The number of allylic oxidation sites excluding steroid dienone is 4. The fourth-order valence-corrected chi connectivity index (χ4v) is 6.07. The van der Waals surface area contributed by atoms with E-state index in [0.717, 1.165) is 70.6 Å². The number of aliphatic hydroxyl groups excluding tert-OH is 2. The van der Waals surface area contributed by atoms with Crippen molar-refractivity contribution >= 4 is 19.8 Å². The molecule has 0 bridgehead atoms. The van der Waals surface area contributed by atoms with Crippen molar-refractivity contribution in [2.75, 3.05) is 26.4 Å². The van der Waals surface area contributed by atoms with Gasteiger partial charge in [-0.15, -0.1) is 0 Å². The molecule has 0 amide bonds. The first-order valence-corrected chi connectivity index (χ1v) is 21.3. The molecule has 0 aromatic heterocycles. The number of hydrogen-bond acceptors (Lipinski definition) is 9. The number of aliphatic hydroxyl groups is 2. The van der Waals surface area contributed by atoms with Crippen molar-refractivity contribution in [2.45, 2.75) is 187 Å². The predicted octanol–water partition coefficient (Wildman–Crippen LogP) is 9.83. The maximum absolute atomic E-state index is 12.3. The molecule has 294 valence electrons. The second-order valence-corrected chi connectivity index (χ2v) is 14.7. The minimum Gasteiger partial charge on any atom is -0.457 e. The molecule has 0 spiro atoms. The van der Waals surface area contributed by atoms with Gasteiger partial charge in [0, 0.05) is 12.8 Å². The van der Waals surface area contributed by atoms with Crippen LogP contribution in [0.4, 0.5) is 0 Å². The van der Waals surface area contributed by atoms with Crippen molar-refractivity contribution in [3.05, 3.63) is 24.3 Å². The maximum atomic E-state index is 12.3. The van der Waals surface area contributed by atoms with Crippen molar-refractivity contribution in [2.24, 2.45) is 0 Å². The second-order valence-electron chi connectivity index (χ2n) is 13.3. The van der Waals surface area contributed by atoms with Gasteiger partial charge in [-0.1, -0.05) is 128 Å². The molecule has 50 heavy (non-hydrogen) atoms. The number of ether oxygens (including phenoxy) is 2. The number of phosphoric acid groups is 1. The van der Waals surface area contributed by atoms with Crippen LogP contribution in [-0.2, 0) is 32.7 Å². The van der Waals surface area contributed by atoms with Gasteiger partial charge in [0.25, 0.3) is 0 Å². The van der Waals surface area contributed by atoms with Gasteiger partial charge in [-0.05, 0) is 57.8 Å². The summed E-state index contributed by atoms with van der Waals surface area (Å²) in [6.07, 6.45) is 33.0. The van der Waals surface area contributed by atoms with Gasteiger partial charge in [0.15, 0.2) is 0 Å². The Bertz CT molecular complexity index is 894. The Morgan fingerprint density at radius 3 is 1.22 bits per heavy atom. The van der Waals surface area contributed by atoms with Gasteiger partial charge >= 0.3 is 19.8 Å². The zero-order valence-corrected chi connectivity index (χ0v) is 32.5. The predicted molar refractivity (Wildman–Crippen MR) is 201 cm³/mol. The summed E-state index contributed by atoms with van der Waals surface area (Å²) < 4.78 is 32.4. The van der Waals surface area contributed by atoms with Crippen LogP contribution in [0, 0.1) is 0 Å². The third kappa shape index (κ3) is 33.6. The molecule has 0 aliphatic rings. The zero-order chi connectivity index (χ0) is 37.0. The fraction of sp³-hybridized carbons (Fsp3) is 0.846. The lowest BCUT2D eigenvalue weighted by Gasteiger charge is -2.20. The molecular formula is C39H73O10P. The quantitative estimate of drug-likeness (QED) is 0.0244. The van der Waals surface area contributed by atoms with Crippen LogP contribution in [0.2, 0.25) is 0 Å². The molecule has 0 aliphatic carbocycles. The Balaban J connectivity index is 3.95. The van der Waals surface area contributed by atoms with Gasteiger partial charge in [-0.25, -0.2) is 4.57 Å². The highest BCUT2D eigenvalue weighted by Crippen LogP contribution is 2.43. The van der Waals surface area contributed by atoms with Crippen LogP contribution in [0.15, 0.2) is 24.3 Å². The highest BCUT2D eigenvalue weighted by molar-refractivity contribution is 7.47. The molecule has 0 radical (unpaired) electrons.